The Morgan fingerprint density at radius 1 is 1.11 bits per heavy atom. The van der Waals surface area contributed by atoms with Crippen LogP contribution in [0.1, 0.15) is 12.0 Å². The van der Waals surface area contributed by atoms with Crippen molar-refractivity contribution in [2.45, 2.75) is 13.0 Å². The second-order valence-electron chi connectivity index (χ2n) is 4.05. The van der Waals surface area contributed by atoms with Gasteiger partial charge in [-0.25, -0.2) is 14.4 Å². The highest BCUT2D eigenvalue weighted by Gasteiger charge is 1.97. The van der Waals surface area contributed by atoms with Crippen LogP contribution in [-0.2, 0) is 6.54 Å². The number of ether oxygens (including phenoxy) is 1. The average Bonchev–Trinajstić information content (AvgIpc) is 2.46. The Kier molecular flexibility index (Phi) is 5.25. The molecule has 100 valence electrons. The van der Waals surface area contributed by atoms with Crippen molar-refractivity contribution in [1.82, 2.24) is 15.3 Å². The van der Waals surface area contributed by atoms with E-state index in [2.05, 4.69) is 27.4 Å². The Labute approximate surface area is 111 Å². The first-order valence-electron chi connectivity index (χ1n) is 6.19. The summed E-state index contributed by atoms with van der Waals surface area (Å²) in [4.78, 5) is 7.43. The molecule has 1 heterocycles. The standard InChI is InChI=1S/C14H16FN3O/c15-13-10-17-14(18-11-13)19-8-4-7-16-9-12-5-2-1-3-6-12/h1-3,5-6,10-11,16H,4,7-9H2. The molecule has 0 saturated carbocycles. The largest absolute Gasteiger partial charge is 0.463 e. The number of hydrogen-bond acceptors (Lipinski definition) is 4. The molecule has 5 heteroatoms. The molecule has 2 rings (SSSR count). The summed E-state index contributed by atoms with van der Waals surface area (Å²) in [6, 6.07) is 10.4. The first-order chi connectivity index (χ1) is 9.34. The van der Waals surface area contributed by atoms with E-state index in [1.165, 1.54) is 5.56 Å². The molecule has 0 unspecified atom stereocenters. The lowest BCUT2D eigenvalue weighted by molar-refractivity contribution is 0.283. The third-order valence-corrected chi connectivity index (χ3v) is 2.50. The summed E-state index contributed by atoms with van der Waals surface area (Å²) >= 11 is 0. The van der Waals surface area contributed by atoms with Crippen LogP contribution in [0.3, 0.4) is 0 Å². The predicted octanol–water partition coefficient (Wildman–Crippen LogP) is 2.17. The number of nitrogens with zero attached hydrogens (tertiary/aromatic N) is 2. The summed E-state index contributed by atoms with van der Waals surface area (Å²) < 4.78 is 17.8. The number of nitrogens with one attached hydrogen (secondary N) is 1. The summed E-state index contributed by atoms with van der Waals surface area (Å²) in [6.07, 6.45) is 3.03. The van der Waals surface area contributed by atoms with Crippen LogP contribution in [0.4, 0.5) is 4.39 Å². The van der Waals surface area contributed by atoms with Gasteiger partial charge in [-0.05, 0) is 18.5 Å². The number of hydrogen-bond donors (Lipinski definition) is 1. The lowest BCUT2D eigenvalue weighted by Gasteiger charge is -2.06. The van der Waals surface area contributed by atoms with Crippen LogP contribution < -0.4 is 10.1 Å². The molecule has 19 heavy (non-hydrogen) atoms. The highest BCUT2D eigenvalue weighted by molar-refractivity contribution is 5.14. The molecule has 0 atom stereocenters. The summed E-state index contributed by atoms with van der Waals surface area (Å²) in [5, 5.41) is 3.32. The van der Waals surface area contributed by atoms with E-state index in [1.807, 2.05) is 18.2 Å². The number of rotatable bonds is 7. The molecule has 0 bridgehead atoms. The van der Waals surface area contributed by atoms with Crippen LogP contribution in [0, 0.1) is 5.82 Å². The molecule has 0 aliphatic carbocycles. The zero-order chi connectivity index (χ0) is 13.3. The molecule has 0 aliphatic heterocycles. The molecule has 0 fully saturated rings. The third-order valence-electron chi connectivity index (χ3n) is 2.50. The van der Waals surface area contributed by atoms with Crippen LogP contribution in [-0.4, -0.2) is 23.1 Å². The molecular weight excluding hydrogens is 245 g/mol. The number of benzene rings is 1. The van der Waals surface area contributed by atoms with Crippen molar-refractivity contribution in [2.24, 2.45) is 0 Å². The van der Waals surface area contributed by atoms with Crippen molar-refractivity contribution in [3.63, 3.8) is 0 Å². The molecule has 0 saturated heterocycles. The van der Waals surface area contributed by atoms with E-state index in [1.54, 1.807) is 0 Å². The molecule has 1 aromatic heterocycles. The fourth-order valence-electron chi connectivity index (χ4n) is 1.56. The molecule has 0 radical (unpaired) electrons. The van der Waals surface area contributed by atoms with Gasteiger partial charge in [-0.1, -0.05) is 30.3 Å². The Morgan fingerprint density at radius 2 is 1.84 bits per heavy atom. The summed E-state index contributed by atoms with van der Waals surface area (Å²) in [7, 11) is 0. The first-order valence-corrected chi connectivity index (χ1v) is 6.19. The maximum Gasteiger partial charge on any atom is 0.316 e. The molecule has 1 N–H and O–H groups in total. The molecule has 0 spiro atoms. The van der Waals surface area contributed by atoms with Crippen LogP contribution in [0.15, 0.2) is 42.7 Å². The SMILES string of the molecule is Fc1cnc(OCCCNCc2ccccc2)nc1. The van der Waals surface area contributed by atoms with E-state index in [0.717, 1.165) is 31.9 Å². The van der Waals surface area contributed by atoms with Crippen molar-refractivity contribution in [3.8, 4) is 6.01 Å². The summed E-state index contributed by atoms with van der Waals surface area (Å²) in [6.45, 7) is 2.19. The smallest absolute Gasteiger partial charge is 0.316 e. The van der Waals surface area contributed by atoms with Crippen LogP contribution >= 0.6 is 0 Å². The summed E-state index contributed by atoms with van der Waals surface area (Å²) in [5.41, 5.74) is 1.25. The second kappa shape index (κ2) is 7.43. The monoisotopic (exact) mass is 261 g/mol. The van der Waals surface area contributed by atoms with E-state index in [9.17, 15) is 4.39 Å². The minimum Gasteiger partial charge on any atom is -0.463 e. The Bertz CT molecular complexity index is 476. The quantitative estimate of drug-likeness (QED) is 0.776. The lowest BCUT2D eigenvalue weighted by atomic mass is 10.2. The van der Waals surface area contributed by atoms with Crippen molar-refractivity contribution in [1.29, 1.82) is 0 Å². The van der Waals surface area contributed by atoms with E-state index < -0.39 is 5.82 Å². The van der Waals surface area contributed by atoms with Crippen molar-refractivity contribution in [2.75, 3.05) is 13.2 Å². The maximum absolute atomic E-state index is 12.5. The van der Waals surface area contributed by atoms with Gasteiger partial charge in [0, 0.05) is 6.54 Å². The van der Waals surface area contributed by atoms with Gasteiger partial charge in [-0.15, -0.1) is 0 Å². The van der Waals surface area contributed by atoms with Gasteiger partial charge in [0.2, 0.25) is 0 Å². The average molecular weight is 261 g/mol. The van der Waals surface area contributed by atoms with Gasteiger partial charge in [0.05, 0.1) is 19.0 Å². The van der Waals surface area contributed by atoms with E-state index in [-0.39, 0.29) is 6.01 Å². The molecule has 0 aliphatic rings. The van der Waals surface area contributed by atoms with E-state index in [0.29, 0.717) is 6.61 Å². The topological polar surface area (TPSA) is 47.0 Å². The van der Waals surface area contributed by atoms with Gasteiger partial charge in [-0.3, -0.25) is 0 Å². The second-order valence-corrected chi connectivity index (χ2v) is 4.05. The fourth-order valence-corrected chi connectivity index (χ4v) is 1.56. The molecule has 0 amide bonds. The minimum absolute atomic E-state index is 0.212. The molecular formula is C14H16FN3O. The highest BCUT2D eigenvalue weighted by atomic mass is 19.1. The van der Waals surface area contributed by atoms with Gasteiger partial charge in [0.1, 0.15) is 0 Å². The molecule has 2 aromatic rings. The number of aromatic nitrogens is 2. The van der Waals surface area contributed by atoms with E-state index in [4.69, 9.17) is 4.74 Å². The van der Waals surface area contributed by atoms with Crippen molar-refractivity contribution < 1.29 is 9.13 Å². The normalized spacial score (nSPS) is 10.4. The molecule has 1 aromatic carbocycles. The van der Waals surface area contributed by atoms with Gasteiger partial charge < -0.3 is 10.1 Å². The van der Waals surface area contributed by atoms with Gasteiger partial charge in [0.15, 0.2) is 5.82 Å². The number of halogens is 1. The van der Waals surface area contributed by atoms with Gasteiger partial charge in [0.25, 0.3) is 0 Å². The first kappa shape index (κ1) is 13.4. The van der Waals surface area contributed by atoms with Crippen LogP contribution in [0.5, 0.6) is 6.01 Å². The minimum atomic E-state index is -0.461. The zero-order valence-corrected chi connectivity index (χ0v) is 10.6. The van der Waals surface area contributed by atoms with Crippen LogP contribution in [0.25, 0.3) is 0 Å². The van der Waals surface area contributed by atoms with Gasteiger partial charge in [-0.2, -0.15) is 0 Å². The Hall–Kier alpha value is -2.01. The van der Waals surface area contributed by atoms with E-state index >= 15 is 0 Å². The zero-order valence-electron chi connectivity index (χ0n) is 10.6. The van der Waals surface area contributed by atoms with Crippen LogP contribution in [0.2, 0.25) is 0 Å². The molecule has 4 nitrogen and oxygen atoms in total. The van der Waals surface area contributed by atoms with Crippen molar-refractivity contribution in [3.05, 3.63) is 54.1 Å². The maximum atomic E-state index is 12.5. The Morgan fingerprint density at radius 3 is 2.58 bits per heavy atom. The van der Waals surface area contributed by atoms with Gasteiger partial charge >= 0.3 is 6.01 Å². The Balaban J connectivity index is 1.56. The lowest BCUT2D eigenvalue weighted by Crippen LogP contribution is -2.17. The summed E-state index contributed by atoms with van der Waals surface area (Å²) in [5.74, 6) is -0.461. The predicted molar refractivity (Wildman–Crippen MR) is 70.3 cm³/mol. The third kappa shape index (κ3) is 5.01. The highest BCUT2D eigenvalue weighted by Crippen LogP contribution is 2.01. The fraction of sp³-hybridized carbons (Fsp3) is 0.286. The van der Waals surface area contributed by atoms with Crippen molar-refractivity contribution >= 4 is 0 Å².